The molecule has 1 heterocycles. The van der Waals surface area contributed by atoms with Gasteiger partial charge in [-0.1, -0.05) is 66.2 Å². The number of anilines is 1. The highest BCUT2D eigenvalue weighted by Crippen LogP contribution is 2.35. The van der Waals surface area contributed by atoms with Gasteiger partial charge in [0.25, 0.3) is 0 Å². The molecule has 0 spiro atoms. The summed E-state index contributed by atoms with van der Waals surface area (Å²) < 4.78 is 0. The Morgan fingerprint density at radius 2 is 1.67 bits per heavy atom. The highest BCUT2D eigenvalue weighted by atomic mass is 32.1. The summed E-state index contributed by atoms with van der Waals surface area (Å²) in [5, 5.41) is 22.4. The van der Waals surface area contributed by atoms with Crippen molar-refractivity contribution in [1.82, 2.24) is 4.98 Å². The lowest BCUT2D eigenvalue weighted by Crippen LogP contribution is -2.04. The molecule has 3 N–H and O–H groups in total. The SMILES string of the molecule is Cc1ccc2[nH]c(O)c(N=NC(=S)Nc3ccc(/C=C/c4ccccc4)cc3)c2c1. The lowest BCUT2D eigenvalue weighted by molar-refractivity contribution is 0.459. The molecule has 0 aliphatic carbocycles. The summed E-state index contributed by atoms with van der Waals surface area (Å²) in [6, 6.07) is 23.8. The lowest BCUT2D eigenvalue weighted by Gasteiger charge is -2.03. The first-order valence-electron chi connectivity index (χ1n) is 9.46. The number of nitrogens with one attached hydrogen (secondary N) is 2. The third kappa shape index (κ3) is 4.61. The zero-order valence-corrected chi connectivity index (χ0v) is 17.1. The van der Waals surface area contributed by atoms with Crippen LogP contribution >= 0.6 is 12.2 Å². The number of hydrogen-bond donors (Lipinski definition) is 3. The normalized spacial score (nSPS) is 11.5. The van der Waals surface area contributed by atoms with Crippen LogP contribution in [-0.4, -0.2) is 15.2 Å². The number of aromatic amines is 1. The summed E-state index contributed by atoms with van der Waals surface area (Å²) in [7, 11) is 0. The van der Waals surface area contributed by atoms with E-state index >= 15 is 0 Å². The molecule has 0 radical (unpaired) electrons. The number of hydrogen-bond acceptors (Lipinski definition) is 3. The van der Waals surface area contributed by atoms with E-state index in [0.29, 0.717) is 5.69 Å². The van der Waals surface area contributed by atoms with Crippen LogP contribution in [0.15, 0.2) is 83.0 Å². The van der Waals surface area contributed by atoms with Gasteiger partial charge < -0.3 is 15.4 Å². The van der Waals surface area contributed by atoms with E-state index in [9.17, 15) is 5.11 Å². The standard InChI is InChI=1S/C24H20N4OS/c1-16-7-14-21-20(15-16)22(23(29)26-21)27-28-24(30)25-19-12-10-18(11-13-19)9-8-17-5-3-2-4-6-17/h2-15,26,29H,1H3,(H,25,30)/b9-8+,28-27?. The fourth-order valence-corrected chi connectivity index (χ4v) is 3.22. The molecule has 1 aromatic heterocycles. The molecule has 0 atom stereocenters. The Balaban J connectivity index is 1.42. The van der Waals surface area contributed by atoms with Crippen LogP contribution < -0.4 is 5.32 Å². The topological polar surface area (TPSA) is 72.8 Å². The molecule has 5 nitrogen and oxygen atoms in total. The zero-order valence-electron chi connectivity index (χ0n) is 16.3. The van der Waals surface area contributed by atoms with Crippen LogP contribution in [0.4, 0.5) is 11.4 Å². The van der Waals surface area contributed by atoms with Gasteiger partial charge in [0, 0.05) is 11.1 Å². The van der Waals surface area contributed by atoms with Crippen LogP contribution in [0.1, 0.15) is 16.7 Å². The summed E-state index contributed by atoms with van der Waals surface area (Å²) in [6.07, 6.45) is 4.12. The molecular formula is C24H20N4OS. The Labute approximate surface area is 179 Å². The van der Waals surface area contributed by atoms with Gasteiger partial charge in [-0.05, 0) is 54.5 Å². The van der Waals surface area contributed by atoms with E-state index in [2.05, 4.69) is 44.8 Å². The molecule has 30 heavy (non-hydrogen) atoms. The van der Waals surface area contributed by atoms with Crippen LogP contribution in [0.3, 0.4) is 0 Å². The van der Waals surface area contributed by atoms with Crippen LogP contribution in [0.25, 0.3) is 23.1 Å². The van der Waals surface area contributed by atoms with Gasteiger partial charge >= 0.3 is 0 Å². The Hall–Kier alpha value is -3.77. The van der Waals surface area contributed by atoms with Crippen molar-refractivity contribution in [3.63, 3.8) is 0 Å². The van der Waals surface area contributed by atoms with Crippen molar-refractivity contribution in [3.8, 4) is 5.88 Å². The molecular weight excluding hydrogens is 392 g/mol. The number of aromatic nitrogens is 1. The zero-order chi connectivity index (χ0) is 20.9. The van der Waals surface area contributed by atoms with E-state index in [1.54, 1.807) is 0 Å². The van der Waals surface area contributed by atoms with Crippen molar-refractivity contribution in [3.05, 3.63) is 89.5 Å². The van der Waals surface area contributed by atoms with Crippen molar-refractivity contribution >= 4 is 51.8 Å². The fourth-order valence-electron chi connectivity index (χ4n) is 3.06. The van der Waals surface area contributed by atoms with Gasteiger partial charge in [-0.2, -0.15) is 0 Å². The van der Waals surface area contributed by atoms with Gasteiger partial charge in [0.15, 0.2) is 5.69 Å². The van der Waals surface area contributed by atoms with Gasteiger partial charge in [-0.15, -0.1) is 10.2 Å². The van der Waals surface area contributed by atoms with E-state index in [0.717, 1.165) is 33.3 Å². The molecule has 0 unspecified atom stereocenters. The Morgan fingerprint density at radius 3 is 2.40 bits per heavy atom. The van der Waals surface area contributed by atoms with E-state index in [-0.39, 0.29) is 11.0 Å². The van der Waals surface area contributed by atoms with Crippen LogP contribution in [0.5, 0.6) is 5.88 Å². The predicted molar refractivity (Wildman–Crippen MR) is 127 cm³/mol. The largest absolute Gasteiger partial charge is 0.493 e. The molecule has 3 aromatic carbocycles. The minimum absolute atomic E-state index is 0.0308. The molecule has 0 saturated carbocycles. The van der Waals surface area contributed by atoms with Gasteiger partial charge in [0.05, 0.1) is 5.52 Å². The summed E-state index contributed by atoms with van der Waals surface area (Å²) >= 11 is 5.27. The van der Waals surface area contributed by atoms with E-state index in [1.165, 1.54) is 0 Å². The third-order valence-electron chi connectivity index (χ3n) is 4.58. The van der Waals surface area contributed by atoms with Crippen LogP contribution in [0, 0.1) is 6.92 Å². The number of H-pyrrole nitrogens is 1. The molecule has 148 valence electrons. The molecule has 0 saturated heterocycles. The van der Waals surface area contributed by atoms with Gasteiger partial charge in [-0.3, -0.25) is 0 Å². The average molecular weight is 413 g/mol. The lowest BCUT2D eigenvalue weighted by atomic mass is 10.1. The van der Waals surface area contributed by atoms with Crippen molar-refractivity contribution in [2.45, 2.75) is 6.92 Å². The monoisotopic (exact) mass is 412 g/mol. The summed E-state index contributed by atoms with van der Waals surface area (Å²) in [6.45, 7) is 1.98. The van der Waals surface area contributed by atoms with Gasteiger partial charge in [0.1, 0.15) is 0 Å². The smallest absolute Gasteiger partial charge is 0.218 e. The highest BCUT2D eigenvalue weighted by Gasteiger charge is 2.10. The first-order valence-corrected chi connectivity index (χ1v) is 9.86. The minimum Gasteiger partial charge on any atom is -0.493 e. The highest BCUT2D eigenvalue weighted by molar-refractivity contribution is 7.80. The Kier molecular flexibility index (Phi) is 5.68. The Bertz CT molecular complexity index is 1240. The molecule has 0 bridgehead atoms. The summed E-state index contributed by atoms with van der Waals surface area (Å²) in [5.74, 6) is -0.0308. The fraction of sp³-hybridized carbons (Fsp3) is 0.0417. The second-order valence-corrected chi connectivity index (χ2v) is 7.25. The number of fused-ring (bicyclic) bond motifs is 1. The summed E-state index contributed by atoms with van der Waals surface area (Å²) in [4.78, 5) is 2.89. The number of rotatable bonds is 4. The molecule has 0 amide bonds. The number of aryl methyl sites for hydroxylation is 1. The quantitative estimate of drug-likeness (QED) is 0.195. The first-order chi connectivity index (χ1) is 14.6. The molecule has 4 aromatic rings. The van der Waals surface area contributed by atoms with E-state index < -0.39 is 0 Å². The maximum absolute atomic E-state index is 10.1. The predicted octanol–water partition coefficient (Wildman–Crippen LogP) is 6.83. The van der Waals surface area contributed by atoms with Crippen molar-refractivity contribution in [2.75, 3.05) is 5.32 Å². The Morgan fingerprint density at radius 1 is 0.967 bits per heavy atom. The van der Waals surface area contributed by atoms with Crippen molar-refractivity contribution in [2.24, 2.45) is 10.2 Å². The third-order valence-corrected chi connectivity index (χ3v) is 4.76. The first kappa shape index (κ1) is 19.5. The molecule has 6 heteroatoms. The van der Waals surface area contributed by atoms with Gasteiger partial charge in [-0.25, -0.2) is 0 Å². The maximum atomic E-state index is 10.1. The second kappa shape index (κ2) is 8.71. The molecule has 4 rings (SSSR count). The number of nitrogens with zero attached hydrogens (tertiary/aromatic N) is 2. The van der Waals surface area contributed by atoms with E-state index in [4.69, 9.17) is 12.2 Å². The molecule has 0 fully saturated rings. The van der Waals surface area contributed by atoms with Crippen LogP contribution in [-0.2, 0) is 0 Å². The van der Waals surface area contributed by atoms with Gasteiger partial charge in [0.2, 0.25) is 11.0 Å². The second-order valence-electron chi connectivity index (χ2n) is 6.87. The number of azo groups is 1. The van der Waals surface area contributed by atoms with Crippen molar-refractivity contribution < 1.29 is 5.11 Å². The summed E-state index contributed by atoms with van der Waals surface area (Å²) in [5.41, 5.74) is 5.28. The molecule has 0 aliphatic heterocycles. The molecule has 0 aliphatic rings. The number of benzene rings is 3. The number of aromatic hydroxyl groups is 1. The van der Waals surface area contributed by atoms with Crippen LogP contribution in [0.2, 0.25) is 0 Å². The van der Waals surface area contributed by atoms with E-state index in [1.807, 2.05) is 67.6 Å². The average Bonchev–Trinajstić information content (AvgIpc) is 3.07. The maximum Gasteiger partial charge on any atom is 0.218 e. The number of thiocarbonyl (C=S) groups is 1. The minimum atomic E-state index is -0.0308. The van der Waals surface area contributed by atoms with Crippen molar-refractivity contribution in [1.29, 1.82) is 0 Å².